The first-order valence-corrected chi connectivity index (χ1v) is 12.1. The van der Waals surface area contributed by atoms with Crippen molar-refractivity contribution in [2.75, 3.05) is 0 Å². The molecule has 0 radical (unpaired) electrons. The molecule has 1 heterocycles. The van der Waals surface area contributed by atoms with Crippen molar-refractivity contribution in [1.82, 2.24) is 9.55 Å². The van der Waals surface area contributed by atoms with Gasteiger partial charge in [0.1, 0.15) is 17.0 Å². The van der Waals surface area contributed by atoms with E-state index in [4.69, 9.17) is 4.43 Å². The molecule has 0 atom stereocenters. The van der Waals surface area contributed by atoms with E-state index < -0.39 is 19.8 Å². The third-order valence-corrected chi connectivity index (χ3v) is 9.69. The van der Waals surface area contributed by atoms with E-state index in [1.54, 1.807) is 10.6 Å². The summed E-state index contributed by atoms with van der Waals surface area (Å²) in [5.74, 6) is 0.135. The van der Waals surface area contributed by atoms with Crippen LogP contribution >= 0.6 is 15.9 Å². The molecule has 0 fully saturated rings. The Hall–Kier alpha value is -0.793. The lowest BCUT2D eigenvalue weighted by molar-refractivity contribution is 0.181. The van der Waals surface area contributed by atoms with Crippen LogP contribution in [0.2, 0.25) is 18.1 Å². The largest absolute Gasteiger partial charge is 0.409 e. The van der Waals surface area contributed by atoms with Crippen molar-refractivity contribution < 1.29 is 13.2 Å². The molecule has 2 aromatic rings. The van der Waals surface area contributed by atoms with Gasteiger partial charge in [-0.25, -0.2) is 13.8 Å². The van der Waals surface area contributed by atoms with Crippen molar-refractivity contribution >= 4 is 35.3 Å². The van der Waals surface area contributed by atoms with Gasteiger partial charge in [0.05, 0.1) is 18.7 Å². The van der Waals surface area contributed by atoms with Gasteiger partial charge in [-0.2, -0.15) is 0 Å². The number of hydrogen-bond acceptors (Lipinski definition) is 2. The van der Waals surface area contributed by atoms with Crippen LogP contribution < -0.4 is 0 Å². The molecular formula is C18H27BrF2N2OSi. The molecule has 2 rings (SSSR count). The maximum absolute atomic E-state index is 14.3. The van der Waals surface area contributed by atoms with Crippen LogP contribution in [-0.2, 0) is 17.6 Å². The fourth-order valence-corrected chi connectivity index (χ4v) is 3.66. The molecular weight excluding hydrogens is 406 g/mol. The normalized spacial score (nSPS) is 13.7. The Labute approximate surface area is 158 Å². The highest BCUT2D eigenvalue weighted by molar-refractivity contribution is 9.10. The summed E-state index contributed by atoms with van der Waals surface area (Å²) in [6.07, 6.45) is 0. The van der Waals surface area contributed by atoms with Crippen LogP contribution in [0.1, 0.15) is 40.4 Å². The number of alkyl halides is 1. The summed E-state index contributed by atoms with van der Waals surface area (Å²) in [5.41, 5.74) is -0.620. The van der Waals surface area contributed by atoms with Gasteiger partial charge in [0.25, 0.3) is 0 Å². The molecule has 0 saturated heterocycles. The van der Waals surface area contributed by atoms with Gasteiger partial charge in [-0.3, -0.25) is 0 Å². The zero-order chi connectivity index (χ0) is 19.2. The molecule has 0 aliphatic carbocycles. The Morgan fingerprint density at radius 1 is 1.20 bits per heavy atom. The summed E-state index contributed by atoms with van der Waals surface area (Å²) in [7, 11) is -1.99. The lowest BCUT2D eigenvalue weighted by Gasteiger charge is -2.36. The molecule has 0 saturated carbocycles. The first kappa shape index (κ1) is 20.5. The smallest absolute Gasteiger partial charge is 0.192 e. The minimum Gasteiger partial charge on any atom is -0.409 e. The molecule has 0 amide bonds. The van der Waals surface area contributed by atoms with Crippen LogP contribution in [0.15, 0.2) is 16.6 Å². The van der Waals surface area contributed by atoms with Crippen LogP contribution in [0.25, 0.3) is 11.0 Å². The SMILES string of the molecule is CC(C)(F)Cn1c(CO[Si](C)(C)C(C)(C)C)nc2c(F)cc(Br)cc21. The molecule has 0 aliphatic rings. The third kappa shape index (κ3) is 4.68. The molecule has 0 spiro atoms. The molecule has 0 N–H and O–H groups in total. The highest BCUT2D eigenvalue weighted by Gasteiger charge is 2.37. The van der Waals surface area contributed by atoms with Gasteiger partial charge in [-0.05, 0) is 44.1 Å². The van der Waals surface area contributed by atoms with Crippen molar-refractivity contribution in [2.45, 2.75) is 71.6 Å². The van der Waals surface area contributed by atoms with E-state index in [1.165, 1.54) is 19.9 Å². The van der Waals surface area contributed by atoms with E-state index in [1.807, 2.05) is 0 Å². The summed E-state index contributed by atoms with van der Waals surface area (Å²) >= 11 is 3.30. The van der Waals surface area contributed by atoms with Gasteiger partial charge in [0, 0.05) is 4.47 Å². The Morgan fingerprint density at radius 3 is 2.32 bits per heavy atom. The van der Waals surface area contributed by atoms with Gasteiger partial charge < -0.3 is 8.99 Å². The quantitative estimate of drug-likeness (QED) is 0.525. The Kier molecular flexibility index (Phi) is 5.53. The Morgan fingerprint density at radius 2 is 1.80 bits per heavy atom. The molecule has 1 aromatic heterocycles. The summed E-state index contributed by atoms with van der Waals surface area (Å²) in [4.78, 5) is 4.42. The number of rotatable bonds is 5. The number of aromatic nitrogens is 2. The number of benzene rings is 1. The summed E-state index contributed by atoms with van der Waals surface area (Å²) in [5, 5.41) is 0.0531. The standard InChI is InChI=1S/C18H27BrF2N2OSi/c1-17(2,3)25(6,7)24-10-15-22-16-13(20)8-12(19)9-14(16)23(15)11-18(4,5)21/h8-9H,10-11H2,1-7H3. The minimum atomic E-state index is -1.99. The van der Waals surface area contributed by atoms with Crippen molar-refractivity contribution in [3.8, 4) is 0 Å². The van der Waals surface area contributed by atoms with E-state index in [-0.39, 0.29) is 23.7 Å². The summed E-state index contributed by atoms with van der Waals surface area (Å²) in [6, 6.07) is 3.14. The van der Waals surface area contributed by atoms with Gasteiger partial charge >= 0.3 is 0 Å². The summed E-state index contributed by atoms with van der Waals surface area (Å²) in [6.45, 7) is 14.1. The molecule has 0 bridgehead atoms. The van der Waals surface area contributed by atoms with Crippen molar-refractivity contribution in [3.63, 3.8) is 0 Å². The highest BCUT2D eigenvalue weighted by atomic mass is 79.9. The fraction of sp³-hybridized carbons (Fsp3) is 0.611. The Bertz CT molecular complexity index is 776. The molecule has 7 heteroatoms. The molecule has 1 aromatic carbocycles. The second-order valence-corrected chi connectivity index (χ2v) is 14.4. The van der Waals surface area contributed by atoms with Crippen molar-refractivity contribution in [3.05, 3.63) is 28.2 Å². The van der Waals surface area contributed by atoms with Gasteiger partial charge in [-0.15, -0.1) is 0 Å². The number of fused-ring (bicyclic) bond motifs is 1. The zero-order valence-corrected chi connectivity index (χ0v) is 18.6. The van der Waals surface area contributed by atoms with Crippen molar-refractivity contribution in [1.29, 1.82) is 0 Å². The average molecular weight is 433 g/mol. The van der Waals surface area contributed by atoms with Crippen LogP contribution in [-0.4, -0.2) is 23.5 Å². The fourth-order valence-electron chi connectivity index (χ4n) is 2.32. The highest BCUT2D eigenvalue weighted by Crippen LogP contribution is 2.37. The molecule has 3 nitrogen and oxygen atoms in total. The van der Waals surface area contributed by atoms with Crippen LogP contribution in [0.5, 0.6) is 0 Å². The van der Waals surface area contributed by atoms with Crippen molar-refractivity contribution in [2.24, 2.45) is 0 Å². The number of hydrogen-bond donors (Lipinski definition) is 0. The molecule has 0 unspecified atom stereocenters. The van der Waals surface area contributed by atoms with E-state index >= 15 is 0 Å². The number of nitrogens with zero attached hydrogens (tertiary/aromatic N) is 2. The number of imidazole rings is 1. The van der Waals surface area contributed by atoms with Crippen LogP contribution in [0.4, 0.5) is 8.78 Å². The van der Waals surface area contributed by atoms with Gasteiger partial charge in [0.2, 0.25) is 0 Å². The second-order valence-electron chi connectivity index (χ2n) is 8.64. The minimum absolute atomic E-state index is 0.0531. The second kappa shape index (κ2) is 6.74. The topological polar surface area (TPSA) is 27.1 Å². The predicted octanol–water partition coefficient (Wildman–Crippen LogP) is 6.21. The average Bonchev–Trinajstić information content (AvgIpc) is 2.72. The Balaban J connectivity index is 2.48. The maximum atomic E-state index is 14.3. The van der Waals surface area contributed by atoms with E-state index in [0.29, 0.717) is 15.8 Å². The van der Waals surface area contributed by atoms with Gasteiger partial charge in [-0.1, -0.05) is 36.7 Å². The summed E-state index contributed by atoms with van der Waals surface area (Å²) < 4.78 is 37.2. The van der Waals surface area contributed by atoms with E-state index in [9.17, 15) is 8.78 Å². The lowest BCUT2D eigenvalue weighted by Crippen LogP contribution is -2.40. The first-order chi connectivity index (χ1) is 11.2. The zero-order valence-electron chi connectivity index (χ0n) is 16.0. The first-order valence-electron chi connectivity index (χ1n) is 8.38. The molecule has 25 heavy (non-hydrogen) atoms. The predicted molar refractivity (Wildman–Crippen MR) is 105 cm³/mol. The van der Waals surface area contributed by atoms with E-state index in [2.05, 4.69) is 54.8 Å². The maximum Gasteiger partial charge on any atom is 0.192 e. The van der Waals surface area contributed by atoms with E-state index in [0.717, 1.165) is 0 Å². The molecule has 0 aliphatic heterocycles. The lowest BCUT2D eigenvalue weighted by atomic mass is 10.1. The van der Waals surface area contributed by atoms with Crippen LogP contribution in [0, 0.1) is 5.82 Å². The monoisotopic (exact) mass is 432 g/mol. The number of halogens is 3. The third-order valence-electron chi connectivity index (χ3n) is 4.75. The molecule has 140 valence electrons. The van der Waals surface area contributed by atoms with Gasteiger partial charge in [0.15, 0.2) is 14.1 Å². The van der Waals surface area contributed by atoms with Crippen LogP contribution in [0.3, 0.4) is 0 Å².